The van der Waals surface area contributed by atoms with Crippen molar-refractivity contribution in [1.82, 2.24) is 4.90 Å². The number of carbonyl (C=O) groups is 2. The van der Waals surface area contributed by atoms with E-state index < -0.39 is 0 Å². The van der Waals surface area contributed by atoms with E-state index in [2.05, 4.69) is 10.6 Å². The largest absolute Gasteiger partial charge is 0.497 e. The van der Waals surface area contributed by atoms with Gasteiger partial charge in [0.05, 0.1) is 19.4 Å². The summed E-state index contributed by atoms with van der Waals surface area (Å²) in [5.74, 6) is 1.73. The van der Waals surface area contributed by atoms with E-state index in [1.807, 2.05) is 71.6 Å². The predicted molar refractivity (Wildman–Crippen MR) is 140 cm³/mol. The lowest BCUT2D eigenvalue weighted by Gasteiger charge is -2.39. The van der Waals surface area contributed by atoms with E-state index in [4.69, 9.17) is 9.47 Å². The highest BCUT2D eigenvalue weighted by molar-refractivity contribution is 5.93. The second-order valence-electron chi connectivity index (χ2n) is 9.38. The molecule has 5 rings (SSSR count). The Bertz CT molecular complexity index is 1230. The highest BCUT2D eigenvalue weighted by Gasteiger charge is 2.33. The lowest BCUT2D eigenvalue weighted by molar-refractivity contribution is -0.118. The van der Waals surface area contributed by atoms with Crippen molar-refractivity contribution in [1.29, 1.82) is 0 Å². The topological polar surface area (TPSA) is 79.9 Å². The van der Waals surface area contributed by atoms with Crippen LogP contribution in [0.1, 0.15) is 19.3 Å². The van der Waals surface area contributed by atoms with Gasteiger partial charge in [-0.3, -0.25) is 4.79 Å². The minimum atomic E-state index is -0.136. The van der Waals surface area contributed by atoms with E-state index in [1.54, 1.807) is 13.2 Å². The van der Waals surface area contributed by atoms with Gasteiger partial charge in [0.15, 0.2) is 0 Å². The number of ether oxygens (including phenoxy) is 2. The summed E-state index contributed by atoms with van der Waals surface area (Å²) in [5.41, 5.74) is 3.52. The number of nitrogens with one attached hydrogen (secondary N) is 2. The molecule has 1 fully saturated rings. The Morgan fingerprint density at radius 2 is 1.86 bits per heavy atom. The summed E-state index contributed by atoms with van der Waals surface area (Å²) in [6, 6.07) is 23.2. The van der Waals surface area contributed by atoms with Gasteiger partial charge in [0.25, 0.3) is 0 Å². The van der Waals surface area contributed by atoms with Crippen LogP contribution in [-0.4, -0.2) is 43.6 Å². The van der Waals surface area contributed by atoms with E-state index in [-0.39, 0.29) is 23.8 Å². The van der Waals surface area contributed by atoms with Crippen molar-refractivity contribution in [2.24, 2.45) is 11.8 Å². The summed E-state index contributed by atoms with van der Waals surface area (Å²) in [7, 11) is 1.60. The number of hydrogen-bond donors (Lipinski definition) is 2. The number of piperidine rings is 1. The molecule has 2 aliphatic heterocycles. The fraction of sp³-hybridized carbons (Fsp3) is 0.310. The summed E-state index contributed by atoms with van der Waals surface area (Å²) >= 11 is 0. The fourth-order valence-corrected chi connectivity index (χ4v) is 5.09. The number of benzene rings is 3. The molecule has 0 aliphatic carbocycles. The third-order valence-electron chi connectivity index (χ3n) is 7.05. The Balaban J connectivity index is 1.27. The van der Waals surface area contributed by atoms with Crippen molar-refractivity contribution >= 4 is 23.3 Å². The van der Waals surface area contributed by atoms with E-state index in [0.717, 1.165) is 24.0 Å². The minimum absolute atomic E-state index is 0.0174. The molecular weight excluding hydrogens is 454 g/mol. The Labute approximate surface area is 211 Å². The average molecular weight is 486 g/mol. The summed E-state index contributed by atoms with van der Waals surface area (Å²) in [6.45, 7) is 1.73. The second kappa shape index (κ2) is 10.7. The molecule has 0 aromatic heterocycles. The van der Waals surface area contributed by atoms with Crippen LogP contribution in [0.15, 0.2) is 72.8 Å². The smallest absolute Gasteiger partial charge is 0.321 e. The average Bonchev–Trinajstić information content (AvgIpc) is 2.90. The van der Waals surface area contributed by atoms with E-state index in [0.29, 0.717) is 49.0 Å². The Morgan fingerprint density at radius 3 is 2.69 bits per heavy atom. The molecule has 3 aromatic carbocycles. The predicted octanol–water partition coefficient (Wildman–Crippen LogP) is 5.64. The number of fused-ring (bicyclic) bond motifs is 2. The number of rotatable bonds is 3. The molecule has 0 radical (unpaired) electrons. The number of carbonyl (C=O) groups excluding carboxylic acids is 2. The lowest BCUT2D eigenvalue weighted by atomic mass is 9.81. The number of hydrogen-bond acceptors (Lipinski definition) is 4. The van der Waals surface area contributed by atoms with Gasteiger partial charge in [-0.2, -0.15) is 0 Å². The maximum Gasteiger partial charge on any atom is 0.321 e. The molecule has 7 nitrogen and oxygen atoms in total. The van der Waals surface area contributed by atoms with Gasteiger partial charge in [-0.05, 0) is 60.1 Å². The van der Waals surface area contributed by atoms with Gasteiger partial charge in [0.2, 0.25) is 5.91 Å². The quantitative estimate of drug-likeness (QED) is 0.503. The highest BCUT2D eigenvalue weighted by Crippen LogP contribution is 2.35. The first-order valence-electron chi connectivity index (χ1n) is 12.4. The van der Waals surface area contributed by atoms with Crippen molar-refractivity contribution in [3.8, 4) is 22.6 Å². The zero-order valence-electron chi connectivity index (χ0n) is 20.4. The third kappa shape index (κ3) is 5.46. The summed E-state index contributed by atoms with van der Waals surface area (Å²) in [6.07, 6.45) is 1.99. The molecule has 7 heteroatoms. The molecule has 3 amide bonds. The van der Waals surface area contributed by atoms with Crippen LogP contribution in [0.25, 0.3) is 11.1 Å². The van der Waals surface area contributed by atoms with Gasteiger partial charge in [0.1, 0.15) is 11.5 Å². The molecule has 0 saturated carbocycles. The Hall–Kier alpha value is -4.00. The molecule has 2 heterocycles. The first-order valence-corrected chi connectivity index (χ1v) is 12.4. The van der Waals surface area contributed by atoms with Crippen LogP contribution < -0.4 is 20.1 Å². The molecule has 0 unspecified atom stereocenters. The van der Waals surface area contributed by atoms with E-state index in [1.165, 1.54) is 0 Å². The van der Waals surface area contributed by atoms with Crippen LogP contribution in [0.4, 0.5) is 16.2 Å². The standard InChI is InChI=1S/C29H31N3O4/c1-35-25-9-5-8-24(18-25)30-29(34)32-14-12-22-17-28(33)31-26-16-21(20-6-3-2-4-7-20)10-11-27(26)36-15-13-23(22)19-32/h2-11,16,18,22-23H,12-15,17,19H2,1H3,(H,30,34)(H,31,33)/t22-,23-/m0/s1. The molecule has 3 aromatic rings. The van der Waals surface area contributed by atoms with Crippen molar-refractivity contribution in [3.05, 3.63) is 72.8 Å². The van der Waals surface area contributed by atoms with Gasteiger partial charge in [-0.15, -0.1) is 0 Å². The Morgan fingerprint density at radius 1 is 1.00 bits per heavy atom. The van der Waals surface area contributed by atoms with Crippen molar-refractivity contribution in [3.63, 3.8) is 0 Å². The van der Waals surface area contributed by atoms with Crippen LogP contribution >= 0.6 is 0 Å². The number of nitrogens with zero attached hydrogens (tertiary/aromatic N) is 1. The molecule has 2 aliphatic rings. The number of anilines is 2. The highest BCUT2D eigenvalue weighted by atomic mass is 16.5. The van der Waals surface area contributed by atoms with Crippen LogP contribution in [0.5, 0.6) is 11.5 Å². The van der Waals surface area contributed by atoms with Crippen LogP contribution in [-0.2, 0) is 4.79 Å². The van der Waals surface area contributed by atoms with E-state index >= 15 is 0 Å². The van der Waals surface area contributed by atoms with Crippen molar-refractivity contribution in [2.75, 3.05) is 37.4 Å². The van der Waals surface area contributed by atoms with Crippen LogP contribution in [0.2, 0.25) is 0 Å². The number of likely N-dealkylation sites (tertiary alicyclic amines) is 1. The zero-order valence-corrected chi connectivity index (χ0v) is 20.4. The fourth-order valence-electron chi connectivity index (χ4n) is 5.09. The maximum absolute atomic E-state index is 13.0. The normalized spacial score (nSPS) is 19.7. The monoisotopic (exact) mass is 485 g/mol. The first-order chi connectivity index (χ1) is 17.6. The van der Waals surface area contributed by atoms with Gasteiger partial charge < -0.3 is 25.0 Å². The second-order valence-corrected chi connectivity index (χ2v) is 9.38. The van der Waals surface area contributed by atoms with Gasteiger partial charge in [0, 0.05) is 31.3 Å². The zero-order chi connectivity index (χ0) is 24.9. The van der Waals surface area contributed by atoms with Crippen LogP contribution in [0, 0.1) is 11.8 Å². The maximum atomic E-state index is 13.0. The summed E-state index contributed by atoms with van der Waals surface area (Å²) in [5, 5.41) is 6.05. The molecule has 2 N–H and O–H groups in total. The molecule has 0 bridgehead atoms. The van der Waals surface area contributed by atoms with Gasteiger partial charge in [-0.1, -0.05) is 42.5 Å². The van der Waals surface area contributed by atoms with Gasteiger partial charge >= 0.3 is 6.03 Å². The van der Waals surface area contributed by atoms with Crippen molar-refractivity contribution in [2.45, 2.75) is 19.3 Å². The van der Waals surface area contributed by atoms with Crippen LogP contribution in [0.3, 0.4) is 0 Å². The molecule has 1 saturated heterocycles. The molecule has 2 atom stereocenters. The Kier molecular flexibility index (Phi) is 7.07. The molecule has 0 spiro atoms. The van der Waals surface area contributed by atoms with Crippen molar-refractivity contribution < 1.29 is 19.1 Å². The number of methoxy groups -OCH3 is 1. The summed E-state index contributed by atoms with van der Waals surface area (Å²) in [4.78, 5) is 27.8. The van der Waals surface area contributed by atoms with E-state index in [9.17, 15) is 9.59 Å². The SMILES string of the molecule is COc1cccc(NC(=O)N2CC[C@H]3CC(=O)Nc4cc(-c5ccccc5)ccc4OCC[C@H]3C2)c1. The molecule has 36 heavy (non-hydrogen) atoms. The number of amides is 3. The summed E-state index contributed by atoms with van der Waals surface area (Å²) < 4.78 is 11.4. The van der Waals surface area contributed by atoms with Gasteiger partial charge in [-0.25, -0.2) is 4.79 Å². The molecule has 186 valence electrons. The number of urea groups is 1. The lowest BCUT2D eigenvalue weighted by Crippen LogP contribution is -2.46. The minimum Gasteiger partial charge on any atom is -0.497 e. The first kappa shape index (κ1) is 23.7. The molecular formula is C29H31N3O4. The third-order valence-corrected chi connectivity index (χ3v) is 7.05.